The second-order valence-corrected chi connectivity index (χ2v) is 6.06. The van der Waals surface area contributed by atoms with Crippen LogP contribution < -0.4 is 0 Å². The highest BCUT2D eigenvalue weighted by Gasteiger charge is 2.53. The van der Waals surface area contributed by atoms with Crippen molar-refractivity contribution >= 4 is 12.1 Å². The molecule has 1 atom stereocenters. The van der Waals surface area contributed by atoms with Gasteiger partial charge in [0.05, 0.1) is 0 Å². The molecule has 0 N–H and O–H groups in total. The summed E-state index contributed by atoms with van der Waals surface area (Å²) in [5, 5.41) is 0.618. The van der Waals surface area contributed by atoms with Crippen LogP contribution >= 0.6 is 0 Å². The molecule has 0 saturated carbocycles. The minimum absolute atomic E-state index is 0.157. The monoisotopic (exact) mass is 295 g/mol. The fourth-order valence-electron chi connectivity index (χ4n) is 1.91. The van der Waals surface area contributed by atoms with Gasteiger partial charge in [-0.25, -0.2) is 14.0 Å². The Bertz CT molecular complexity index is 564. The molecule has 0 aliphatic carbocycles. The van der Waals surface area contributed by atoms with Gasteiger partial charge in [-0.1, -0.05) is 29.8 Å². The Balaban J connectivity index is 2.19. The lowest BCUT2D eigenvalue weighted by Gasteiger charge is -2.22. The van der Waals surface area contributed by atoms with Crippen molar-refractivity contribution in [1.82, 2.24) is 5.06 Å². The van der Waals surface area contributed by atoms with Crippen LogP contribution in [-0.4, -0.2) is 29.3 Å². The van der Waals surface area contributed by atoms with Crippen molar-refractivity contribution in [2.24, 2.45) is 0 Å². The zero-order chi connectivity index (χ0) is 15.8. The van der Waals surface area contributed by atoms with Crippen molar-refractivity contribution < 1.29 is 23.6 Å². The van der Waals surface area contributed by atoms with Crippen molar-refractivity contribution in [2.75, 3.05) is 6.54 Å². The first-order chi connectivity index (χ1) is 9.62. The van der Waals surface area contributed by atoms with Gasteiger partial charge in [-0.15, -0.1) is 5.06 Å². The van der Waals surface area contributed by atoms with Crippen molar-refractivity contribution in [3.63, 3.8) is 0 Å². The predicted octanol–water partition coefficient (Wildman–Crippen LogP) is 2.87. The van der Waals surface area contributed by atoms with E-state index in [1.807, 2.05) is 6.92 Å². The van der Waals surface area contributed by atoms with E-state index in [4.69, 9.17) is 9.57 Å². The topological polar surface area (TPSA) is 55.8 Å². The van der Waals surface area contributed by atoms with Crippen LogP contribution in [0.2, 0.25) is 0 Å². The average molecular weight is 295 g/mol. The SMILES string of the molecule is Cc1ccc([C@]2(F)CN(C(=O)OC(C)(C)C)OC2=O)cc1. The predicted molar refractivity (Wildman–Crippen MR) is 73.0 cm³/mol. The number of ether oxygens (including phenoxy) is 1. The molecule has 6 heteroatoms. The van der Waals surface area contributed by atoms with Crippen LogP contribution in [-0.2, 0) is 20.0 Å². The van der Waals surface area contributed by atoms with Gasteiger partial charge in [0.2, 0.25) is 0 Å². The number of amides is 1. The molecular formula is C15H18FNO4. The van der Waals surface area contributed by atoms with Crippen LogP contribution in [0.5, 0.6) is 0 Å². The number of carbonyl (C=O) groups is 2. The molecule has 1 fully saturated rings. The summed E-state index contributed by atoms with van der Waals surface area (Å²) in [6.45, 7) is 6.35. The van der Waals surface area contributed by atoms with Crippen molar-refractivity contribution in [1.29, 1.82) is 0 Å². The van der Waals surface area contributed by atoms with E-state index in [1.54, 1.807) is 32.9 Å². The Labute approximate surface area is 122 Å². The molecule has 1 aliphatic heterocycles. The van der Waals surface area contributed by atoms with Crippen LogP contribution in [0.1, 0.15) is 31.9 Å². The quantitative estimate of drug-likeness (QED) is 0.799. The number of hydrogen-bond acceptors (Lipinski definition) is 4. The van der Waals surface area contributed by atoms with Crippen LogP contribution in [0.15, 0.2) is 24.3 Å². The van der Waals surface area contributed by atoms with Crippen molar-refractivity contribution in [3.05, 3.63) is 35.4 Å². The molecule has 0 radical (unpaired) electrons. The van der Waals surface area contributed by atoms with Crippen molar-refractivity contribution in [3.8, 4) is 0 Å². The molecule has 1 aromatic carbocycles. The zero-order valence-corrected chi connectivity index (χ0v) is 12.5. The number of carbonyl (C=O) groups excluding carboxylic acids is 2. The van der Waals surface area contributed by atoms with Crippen LogP contribution in [0.4, 0.5) is 9.18 Å². The van der Waals surface area contributed by atoms with Gasteiger partial charge in [0.1, 0.15) is 12.1 Å². The largest absolute Gasteiger partial charge is 0.443 e. The third kappa shape index (κ3) is 3.15. The summed E-state index contributed by atoms with van der Waals surface area (Å²) < 4.78 is 20.0. The van der Waals surface area contributed by atoms with Gasteiger partial charge in [0.25, 0.3) is 5.67 Å². The van der Waals surface area contributed by atoms with E-state index >= 15 is 0 Å². The summed E-state index contributed by atoms with van der Waals surface area (Å²) in [7, 11) is 0. The molecule has 1 saturated heterocycles. The van der Waals surface area contributed by atoms with E-state index in [0.717, 1.165) is 5.56 Å². The standard InChI is InChI=1S/C15H18FNO4/c1-10-5-7-11(8-6-10)15(16)9-17(21-12(15)18)13(19)20-14(2,3)4/h5-8H,9H2,1-4H3/t15-/m1/s1. The summed E-state index contributed by atoms with van der Waals surface area (Å²) in [6.07, 6.45) is -0.887. The molecule has 1 aromatic rings. The maximum Gasteiger partial charge on any atom is 0.443 e. The van der Waals surface area contributed by atoms with Gasteiger partial charge in [-0.3, -0.25) is 0 Å². The minimum Gasteiger partial charge on any atom is -0.442 e. The fourth-order valence-corrected chi connectivity index (χ4v) is 1.91. The van der Waals surface area contributed by atoms with E-state index < -0.39 is 29.9 Å². The molecule has 1 aliphatic rings. The smallest absolute Gasteiger partial charge is 0.442 e. The van der Waals surface area contributed by atoms with Gasteiger partial charge in [-0.2, -0.15) is 0 Å². The third-order valence-electron chi connectivity index (χ3n) is 2.98. The normalized spacial score (nSPS) is 22.1. The Hall–Kier alpha value is -2.11. The van der Waals surface area contributed by atoms with Gasteiger partial charge in [0.15, 0.2) is 0 Å². The maximum atomic E-state index is 14.9. The van der Waals surface area contributed by atoms with E-state index in [9.17, 15) is 14.0 Å². The Morgan fingerprint density at radius 3 is 2.43 bits per heavy atom. The van der Waals surface area contributed by atoms with E-state index in [-0.39, 0.29) is 5.56 Å². The average Bonchev–Trinajstić information content (AvgIpc) is 2.66. The molecular weight excluding hydrogens is 277 g/mol. The van der Waals surface area contributed by atoms with Gasteiger partial charge in [-0.05, 0) is 27.7 Å². The van der Waals surface area contributed by atoms with Crippen LogP contribution in [0.25, 0.3) is 0 Å². The third-order valence-corrected chi connectivity index (χ3v) is 2.98. The van der Waals surface area contributed by atoms with Crippen LogP contribution in [0.3, 0.4) is 0 Å². The summed E-state index contributed by atoms with van der Waals surface area (Å²) in [4.78, 5) is 28.4. The molecule has 21 heavy (non-hydrogen) atoms. The number of halogens is 1. The zero-order valence-electron chi connectivity index (χ0n) is 12.5. The van der Waals surface area contributed by atoms with E-state index in [1.165, 1.54) is 12.1 Å². The summed E-state index contributed by atoms with van der Waals surface area (Å²) in [5.41, 5.74) is -2.03. The highest BCUT2D eigenvalue weighted by Crippen LogP contribution is 2.35. The second kappa shape index (κ2) is 5.02. The lowest BCUT2D eigenvalue weighted by molar-refractivity contribution is -0.169. The summed E-state index contributed by atoms with van der Waals surface area (Å²) in [6, 6.07) is 6.41. The molecule has 0 unspecified atom stereocenters. The minimum atomic E-state index is -2.37. The molecule has 5 nitrogen and oxygen atoms in total. The van der Waals surface area contributed by atoms with Crippen molar-refractivity contribution in [2.45, 2.75) is 39.0 Å². The number of hydrogen-bond donors (Lipinski definition) is 0. The number of benzene rings is 1. The lowest BCUT2D eigenvalue weighted by Crippen LogP contribution is -2.36. The van der Waals surface area contributed by atoms with Gasteiger partial charge < -0.3 is 9.57 Å². The number of aryl methyl sites for hydroxylation is 1. The molecule has 0 aromatic heterocycles. The van der Waals surface area contributed by atoms with Gasteiger partial charge in [0, 0.05) is 5.56 Å². The fraction of sp³-hybridized carbons (Fsp3) is 0.467. The summed E-state index contributed by atoms with van der Waals surface area (Å²) in [5.74, 6) is -1.11. The molecule has 0 spiro atoms. The van der Waals surface area contributed by atoms with Crippen LogP contribution in [0, 0.1) is 6.92 Å². The second-order valence-electron chi connectivity index (χ2n) is 6.06. The molecule has 1 heterocycles. The highest BCUT2D eigenvalue weighted by atomic mass is 19.1. The van der Waals surface area contributed by atoms with E-state index in [0.29, 0.717) is 5.06 Å². The first kappa shape index (κ1) is 15.3. The first-order valence-corrected chi connectivity index (χ1v) is 6.61. The number of rotatable bonds is 1. The first-order valence-electron chi connectivity index (χ1n) is 6.61. The Morgan fingerprint density at radius 2 is 1.90 bits per heavy atom. The molecule has 1 amide bonds. The van der Waals surface area contributed by atoms with Gasteiger partial charge >= 0.3 is 12.1 Å². The van der Waals surface area contributed by atoms with E-state index in [2.05, 4.69) is 0 Å². The number of nitrogens with zero attached hydrogens (tertiary/aromatic N) is 1. The summed E-state index contributed by atoms with van der Waals surface area (Å²) >= 11 is 0. The Morgan fingerprint density at radius 1 is 1.33 bits per heavy atom. The molecule has 114 valence electrons. The number of hydroxylamine groups is 2. The maximum absolute atomic E-state index is 14.9. The highest BCUT2D eigenvalue weighted by molar-refractivity contribution is 5.86. The molecule has 0 bridgehead atoms. The number of alkyl halides is 1. The lowest BCUT2D eigenvalue weighted by atomic mass is 9.95. The molecule has 2 rings (SSSR count). The Kier molecular flexibility index (Phi) is 3.65.